The zero-order chi connectivity index (χ0) is 18.8. The van der Waals surface area contributed by atoms with E-state index < -0.39 is 30.6 Å². The van der Waals surface area contributed by atoms with E-state index in [1.54, 1.807) is 24.3 Å². The van der Waals surface area contributed by atoms with Gasteiger partial charge in [-0.15, -0.1) is 0 Å². The van der Waals surface area contributed by atoms with Gasteiger partial charge in [0.25, 0.3) is 5.91 Å². The molecule has 0 radical (unpaired) electrons. The predicted molar refractivity (Wildman–Crippen MR) is 93.5 cm³/mol. The highest BCUT2D eigenvalue weighted by atomic mass is 35.5. The largest absolute Gasteiger partial charge is 0.479 e. The summed E-state index contributed by atoms with van der Waals surface area (Å²) < 4.78 is 10.2. The molecular formula is C17H23ClN2O5. The third-order valence-electron chi connectivity index (χ3n) is 3.06. The summed E-state index contributed by atoms with van der Waals surface area (Å²) in [5.74, 6) is -0.540. The Balaban J connectivity index is 2.28. The van der Waals surface area contributed by atoms with E-state index in [9.17, 15) is 14.4 Å². The lowest BCUT2D eigenvalue weighted by Gasteiger charge is -2.14. The molecule has 0 saturated heterocycles. The van der Waals surface area contributed by atoms with Crippen LogP contribution in [0.4, 0.5) is 4.79 Å². The zero-order valence-corrected chi connectivity index (χ0v) is 15.3. The molecule has 0 aliphatic heterocycles. The van der Waals surface area contributed by atoms with Gasteiger partial charge in [0.2, 0.25) is 0 Å². The second-order valence-electron chi connectivity index (χ2n) is 5.81. The minimum atomic E-state index is -0.908. The second kappa shape index (κ2) is 10.6. The minimum Gasteiger partial charge on any atom is -0.479 e. The molecule has 7 nitrogen and oxygen atoms in total. The Morgan fingerprint density at radius 3 is 2.36 bits per heavy atom. The zero-order valence-electron chi connectivity index (χ0n) is 14.5. The molecule has 0 aliphatic carbocycles. The Hall–Kier alpha value is -2.28. The van der Waals surface area contributed by atoms with E-state index in [2.05, 4.69) is 10.6 Å². The van der Waals surface area contributed by atoms with Gasteiger partial charge in [-0.1, -0.05) is 25.4 Å². The summed E-state index contributed by atoms with van der Waals surface area (Å²) >= 11 is 5.76. The highest BCUT2D eigenvalue weighted by Gasteiger charge is 2.18. The Bertz CT molecular complexity index is 589. The fourth-order valence-corrected chi connectivity index (χ4v) is 1.83. The third kappa shape index (κ3) is 8.95. The van der Waals surface area contributed by atoms with Gasteiger partial charge in [0.1, 0.15) is 5.75 Å². The first-order chi connectivity index (χ1) is 11.8. The number of ether oxygens (including phenoxy) is 2. The molecule has 0 heterocycles. The number of carbonyl (C=O) groups excluding carboxylic acids is 3. The maximum Gasteiger partial charge on any atom is 0.347 e. The molecule has 0 saturated carbocycles. The number of hydrogen-bond donors (Lipinski definition) is 2. The number of nitrogens with one attached hydrogen (secondary N) is 2. The molecule has 0 spiro atoms. The first-order valence-electron chi connectivity index (χ1n) is 7.94. The van der Waals surface area contributed by atoms with Gasteiger partial charge >= 0.3 is 12.0 Å². The molecule has 1 atom stereocenters. The summed E-state index contributed by atoms with van der Waals surface area (Å²) in [7, 11) is 0. The van der Waals surface area contributed by atoms with Crippen molar-refractivity contribution in [1.29, 1.82) is 0 Å². The number of benzene rings is 1. The van der Waals surface area contributed by atoms with Gasteiger partial charge in [-0.3, -0.25) is 10.1 Å². The molecule has 1 aromatic carbocycles. The van der Waals surface area contributed by atoms with Gasteiger partial charge in [0, 0.05) is 11.6 Å². The number of hydrogen-bond acceptors (Lipinski definition) is 5. The van der Waals surface area contributed by atoms with Crippen molar-refractivity contribution in [3.63, 3.8) is 0 Å². The van der Waals surface area contributed by atoms with Crippen LogP contribution in [0.1, 0.15) is 27.2 Å². The molecule has 2 N–H and O–H groups in total. The van der Waals surface area contributed by atoms with Gasteiger partial charge in [-0.05, 0) is 43.5 Å². The summed E-state index contributed by atoms with van der Waals surface area (Å²) in [4.78, 5) is 34.8. The summed E-state index contributed by atoms with van der Waals surface area (Å²) in [6, 6.07) is 5.86. The number of esters is 1. The van der Waals surface area contributed by atoms with Crippen molar-refractivity contribution in [3.8, 4) is 5.75 Å². The van der Waals surface area contributed by atoms with Crippen LogP contribution in [0.15, 0.2) is 24.3 Å². The normalized spacial score (nSPS) is 11.6. The molecular weight excluding hydrogens is 348 g/mol. The quantitative estimate of drug-likeness (QED) is 0.686. The van der Waals surface area contributed by atoms with Crippen LogP contribution in [0.3, 0.4) is 0 Å². The van der Waals surface area contributed by atoms with Crippen molar-refractivity contribution in [3.05, 3.63) is 29.3 Å². The lowest BCUT2D eigenvalue weighted by molar-refractivity contribution is -0.154. The molecule has 0 fully saturated rings. The van der Waals surface area contributed by atoms with Crippen LogP contribution >= 0.6 is 11.6 Å². The van der Waals surface area contributed by atoms with Crippen LogP contribution < -0.4 is 15.4 Å². The van der Waals surface area contributed by atoms with E-state index in [-0.39, 0.29) is 0 Å². The fraction of sp³-hybridized carbons (Fsp3) is 0.471. The summed E-state index contributed by atoms with van der Waals surface area (Å²) in [6.07, 6.45) is -0.107. The van der Waals surface area contributed by atoms with Crippen molar-refractivity contribution in [2.24, 2.45) is 5.92 Å². The first kappa shape index (κ1) is 20.8. The molecule has 138 valence electrons. The number of carbonyl (C=O) groups is 3. The van der Waals surface area contributed by atoms with Gasteiger partial charge in [0.15, 0.2) is 12.7 Å². The van der Waals surface area contributed by atoms with Gasteiger partial charge in [-0.25, -0.2) is 9.59 Å². The average molecular weight is 371 g/mol. The van der Waals surface area contributed by atoms with Gasteiger partial charge in [-0.2, -0.15) is 0 Å². The third-order valence-corrected chi connectivity index (χ3v) is 3.32. The van der Waals surface area contributed by atoms with Crippen molar-refractivity contribution < 1.29 is 23.9 Å². The summed E-state index contributed by atoms with van der Waals surface area (Å²) in [6.45, 7) is 5.44. The highest BCUT2D eigenvalue weighted by molar-refractivity contribution is 6.30. The number of amides is 3. The number of halogens is 1. The Morgan fingerprint density at radius 1 is 1.12 bits per heavy atom. The molecule has 8 heteroatoms. The van der Waals surface area contributed by atoms with E-state index in [0.717, 1.165) is 6.42 Å². The topological polar surface area (TPSA) is 93.7 Å². The predicted octanol–water partition coefficient (Wildman–Crippen LogP) is 2.52. The number of urea groups is 1. The molecule has 3 amide bonds. The molecule has 0 unspecified atom stereocenters. The first-order valence-corrected chi connectivity index (χ1v) is 8.32. The Kier molecular flexibility index (Phi) is 8.77. The standard InChI is InChI=1S/C17H23ClN2O5/c1-11(2)8-9-19-17(23)20-15(21)10-24-16(22)12(3)25-14-6-4-13(18)5-7-14/h4-7,11-12H,8-10H2,1-3H3,(H2,19,20,21,23)/t12-/m0/s1. The maximum atomic E-state index is 11.8. The average Bonchev–Trinajstić information content (AvgIpc) is 2.54. The van der Waals surface area contributed by atoms with Crippen LogP contribution in [0.25, 0.3) is 0 Å². The van der Waals surface area contributed by atoms with E-state index in [0.29, 0.717) is 23.2 Å². The smallest absolute Gasteiger partial charge is 0.347 e. The molecule has 0 aromatic heterocycles. The molecule has 1 rings (SSSR count). The van der Waals surface area contributed by atoms with Crippen LogP contribution in [0.5, 0.6) is 5.75 Å². The lowest BCUT2D eigenvalue weighted by Crippen LogP contribution is -2.42. The molecule has 25 heavy (non-hydrogen) atoms. The highest BCUT2D eigenvalue weighted by Crippen LogP contribution is 2.17. The minimum absolute atomic E-state index is 0.444. The number of imide groups is 1. The van der Waals surface area contributed by atoms with E-state index in [1.165, 1.54) is 6.92 Å². The Morgan fingerprint density at radius 2 is 1.76 bits per heavy atom. The fourth-order valence-electron chi connectivity index (χ4n) is 1.70. The number of rotatable bonds is 8. The summed E-state index contributed by atoms with van der Waals surface area (Å²) in [5, 5.41) is 5.18. The van der Waals surface area contributed by atoms with Crippen LogP contribution in [-0.4, -0.2) is 37.2 Å². The van der Waals surface area contributed by atoms with Crippen LogP contribution in [0.2, 0.25) is 5.02 Å². The van der Waals surface area contributed by atoms with Gasteiger partial charge in [0.05, 0.1) is 0 Å². The second-order valence-corrected chi connectivity index (χ2v) is 6.24. The van der Waals surface area contributed by atoms with Crippen molar-refractivity contribution in [1.82, 2.24) is 10.6 Å². The van der Waals surface area contributed by atoms with E-state index in [1.807, 2.05) is 13.8 Å². The van der Waals surface area contributed by atoms with Crippen molar-refractivity contribution in [2.45, 2.75) is 33.3 Å². The Labute approximate surface area is 152 Å². The van der Waals surface area contributed by atoms with Crippen LogP contribution in [-0.2, 0) is 14.3 Å². The summed E-state index contributed by atoms with van der Waals surface area (Å²) in [5.41, 5.74) is 0. The molecule has 0 aliphatic rings. The van der Waals surface area contributed by atoms with E-state index >= 15 is 0 Å². The van der Waals surface area contributed by atoms with E-state index in [4.69, 9.17) is 21.1 Å². The van der Waals surface area contributed by atoms with Gasteiger partial charge < -0.3 is 14.8 Å². The van der Waals surface area contributed by atoms with Crippen molar-refractivity contribution >= 4 is 29.5 Å². The molecule has 0 bridgehead atoms. The maximum absolute atomic E-state index is 11.8. The lowest BCUT2D eigenvalue weighted by atomic mass is 10.1. The molecule has 1 aromatic rings. The SMILES string of the molecule is CC(C)CCNC(=O)NC(=O)COC(=O)[C@H](C)Oc1ccc(Cl)cc1. The monoisotopic (exact) mass is 370 g/mol. The van der Waals surface area contributed by atoms with Crippen molar-refractivity contribution in [2.75, 3.05) is 13.2 Å². The van der Waals surface area contributed by atoms with Crippen LogP contribution in [0, 0.1) is 5.92 Å².